The summed E-state index contributed by atoms with van der Waals surface area (Å²) in [7, 11) is 0. The van der Waals surface area contributed by atoms with Crippen molar-refractivity contribution in [2.24, 2.45) is 0 Å². The summed E-state index contributed by atoms with van der Waals surface area (Å²) in [5, 5.41) is 3.13. The van der Waals surface area contributed by atoms with E-state index in [1.165, 1.54) is 11.3 Å². The van der Waals surface area contributed by atoms with E-state index >= 15 is 0 Å². The van der Waals surface area contributed by atoms with Crippen LogP contribution in [0.25, 0.3) is 10.2 Å². The van der Waals surface area contributed by atoms with Gasteiger partial charge in [-0.25, -0.2) is 19.7 Å². The third-order valence-electron chi connectivity index (χ3n) is 2.72. The van der Waals surface area contributed by atoms with Crippen LogP contribution in [0.4, 0.5) is 10.6 Å². The fraction of sp³-hybridized carbons (Fsp3) is 0.273. The largest absolute Gasteiger partial charge is 0.447 e. The van der Waals surface area contributed by atoms with Gasteiger partial charge >= 0.3 is 6.09 Å². The lowest BCUT2D eigenvalue weighted by Crippen LogP contribution is -2.33. The smallest absolute Gasteiger partial charge is 0.416 e. The van der Waals surface area contributed by atoms with E-state index < -0.39 is 6.09 Å². The summed E-state index contributed by atoms with van der Waals surface area (Å²) >= 11 is 2.62. The van der Waals surface area contributed by atoms with Crippen molar-refractivity contribution in [3.63, 3.8) is 0 Å². The van der Waals surface area contributed by atoms with E-state index in [0.29, 0.717) is 17.5 Å². The third-order valence-corrected chi connectivity index (χ3v) is 4.36. The van der Waals surface area contributed by atoms with Crippen LogP contribution in [0.1, 0.15) is 0 Å². The van der Waals surface area contributed by atoms with Gasteiger partial charge in [0, 0.05) is 0 Å². The first-order valence-electron chi connectivity index (χ1n) is 5.76. The van der Waals surface area contributed by atoms with Gasteiger partial charge in [-0.1, -0.05) is 11.8 Å². The Hall–Kier alpha value is -1.87. The Balaban J connectivity index is 1.70. The average Bonchev–Trinajstić information content (AvgIpc) is 3.04. The molecule has 3 heterocycles. The molecule has 0 unspecified atom stereocenters. The van der Waals surface area contributed by atoms with Crippen LogP contribution in [0.3, 0.4) is 0 Å². The number of nitrogen functional groups attached to an aromatic ring is 1. The molecule has 9 heteroatoms. The Kier molecular flexibility index (Phi) is 3.45. The van der Waals surface area contributed by atoms with Crippen LogP contribution >= 0.6 is 23.1 Å². The number of hydrogen-bond acceptors (Lipinski definition) is 8. The van der Waals surface area contributed by atoms with Crippen LogP contribution < -0.4 is 5.73 Å². The number of imide groups is 1. The van der Waals surface area contributed by atoms with E-state index in [-0.39, 0.29) is 18.3 Å². The second-order valence-electron chi connectivity index (χ2n) is 3.98. The van der Waals surface area contributed by atoms with Crippen molar-refractivity contribution in [1.29, 1.82) is 0 Å². The van der Waals surface area contributed by atoms with Crippen LogP contribution in [0, 0.1) is 0 Å². The number of anilines is 1. The van der Waals surface area contributed by atoms with Crippen molar-refractivity contribution >= 4 is 51.1 Å². The Morgan fingerprint density at radius 3 is 3.15 bits per heavy atom. The highest BCUT2D eigenvalue weighted by atomic mass is 32.2. The van der Waals surface area contributed by atoms with Gasteiger partial charge in [0.1, 0.15) is 17.3 Å². The zero-order valence-electron chi connectivity index (χ0n) is 10.2. The molecule has 20 heavy (non-hydrogen) atoms. The van der Waals surface area contributed by atoms with E-state index in [9.17, 15) is 9.59 Å². The molecule has 0 bridgehead atoms. The van der Waals surface area contributed by atoms with Crippen molar-refractivity contribution in [3.8, 4) is 0 Å². The lowest BCUT2D eigenvalue weighted by molar-refractivity contribution is -0.125. The summed E-state index contributed by atoms with van der Waals surface area (Å²) in [6.07, 6.45) is -0.593. The van der Waals surface area contributed by atoms with Gasteiger partial charge in [-0.15, -0.1) is 11.3 Å². The van der Waals surface area contributed by atoms with Gasteiger partial charge in [0.05, 0.1) is 17.7 Å². The number of cyclic esters (lactones) is 1. The Morgan fingerprint density at radius 2 is 2.40 bits per heavy atom. The Labute approximate surface area is 122 Å². The first-order chi connectivity index (χ1) is 9.65. The minimum Gasteiger partial charge on any atom is -0.447 e. The molecule has 0 radical (unpaired) electrons. The van der Waals surface area contributed by atoms with Gasteiger partial charge in [-0.2, -0.15) is 0 Å². The second-order valence-corrected chi connectivity index (χ2v) is 5.82. The Bertz CT molecular complexity index is 687. The van der Waals surface area contributed by atoms with E-state index in [0.717, 1.165) is 26.9 Å². The van der Waals surface area contributed by atoms with Crippen LogP contribution in [0.5, 0.6) is 0 Å². The third kappa shape index (κ3) is 2.41. The van der Waals surface area contributed by atoms with E-state index in [1.54, 1.807) is 0 Å². The molecule has 0 atom stereocenters. The number of hydrogen-bond donors (Lipinski definition) is 1. The number of rotatable bonds is 3. The molecule has 2 N–H and O–H groups in total. The lowest BCUT2D eigenvalue weighted by Gasteiger charge is -2.09. The number of fused-ring (bicyclic) bond motifs is 1. The monoisotopic (exact) mass is 310 g/mol. The van der Waals surface area contributed by atoms with Gasteiger partial charge in [0.15, 0.2) is 5.16 Å². The molecule has 0 saturated carbocycles. The van der Waals surface area contributed by atoms with E-state index in [1.807, 2.05) is 11.4 Å². The maximum atomic E-state index is 11.8. The zero-order chi connectivity index (χ0) is 14.1. The number of aromatic nitrogens is 2. The molecule has 2 aromatic heterocycles. The van der Waals surface area contributed by atoms with Gasteiger partial charge in [0.2, 0.25) is 5.91 Å². The fourth-order valence-electron chi connectivity index (χ4n) is 1.75. The molecule has 1 aliphatic rings. The van der Waals surface area contributed by atoms with Crippen LogP contribution in [0.2, 0.25) is 0 Å². The molecule has 104 valence electrons. The maximum absolute atomic E-state index is 11.8. The fourth-order valence-corrected chi connectivity index (χ4v) is 3.30. The number of amides is 2. The van der Waals surface area contributed by atoms with Crippen molar-refractivity contribution in [2.75, 3.05) is 24.6 Å². The summed E-state index contributed by atoms with van der Waals surface area (Å²) in [4.78, 5) is 33.4. The molecule has 1 aliphatic heterocycles. The highest BCUT2D eigenvalue weighted by Gasteiger charge is 2.28. The number of nitrogens with zero attached hydrogens (tertiary/aromatic N) is 3. The lowest BCUT2D eigenvalue weighted by atomic mass is 10.4. The van der Waals surface area contributed by atoms with Crippen LogP contribution in [-0.4, -0.2) is 45.8 Å². The molecule has 0 spiro atoms. The van der Waals surface area contributed by atoms with Crippen molar-refractivity contribution < 1.29 is 14.3 Å². The first-order valence-corrected chi connectivity index (χ1v) is 7.62. The van der Waals surface area contributed by atoms with Gasteiger partial charge < -0.3 is 10.5 Å². The van der Waals surface area contributed by atoms with E-state index in [2.05, 4.69) is 9.97 Å². The number of ether oxygens (including phenoxy) is 1. The van der Waals surface area contributed by atoms with Gasteiger partial charge in [0.25, 0.3) is 0 Å². The molecular formula is C11H10N4O3S2. The summed E-state index contributed by atoms with van der Waals surface area (Å²) < 4.78 is 4.71. The van der Waals surface area contributed by atoms with E-state index in [4.69, 9.17) is 10.5 Å². The molecular weight excluding hydrogens is 300 g/mol. The first kappa shape index (κ1) is 13.1. The minimum atomic E-state index is -0.593. The second kappa shape index (κ2) is 5.25. The zero-order valence-corrected chi connectivity index (χ0v) is 11.9. The number of thioether (sulfide) groups is 1. The van der Waals surface area contributed by atoms with Crippen molar-refractivity contribution in [1.82, 2.24) is 14.9 Å². The normalized spacial score (nSPS) is 14.8. The van der Waals surface area contributed by atoms with Gasteiger partial charge in [-0.05, 0) is 11.4 Å². The topological polar surface area (TPSA) is 98.4 Å². The number of carbonyl (C=O) groups is 2. The van der Waals surface area contributed by atoms with Gasteiger partial charge in [-0.3, -0.25) is 4.79 Å². The maximum Gasteiger partial charge on any atom is 0.416 e. The standard InChI is InChI=1S/C11H10N4O3S2/c12-8-6-1-4-19-9(6)14-10(13-8)20-5-7(16)15-2-3-18-11(15)17/h1,4H,2-3,5H2,(H2,12,13,14). The average molecular weight is 310 g/mol. The summed E-state index contributed by atoms with van der Waals surface area (Å²) in [6.45, 7) is 0.547. The molecule has 1 fully saturated rings. The van der Waals surface area contributed by atoms with Crippen LogP contribution in [0.15, 0.2) is 16.6 Å². The number of carbonyl (C=O) groups excluding carboxylic acids is 2. The Morgan fingerprint density at radius 1 is 1.55 bits per heavy atom. The number of thiophene rings is 1. The van der Waals surface area contributed by atoms with Crippen LogP contribution in [-0.2, 0) is 9.53 Å². The summed E-state index contributed by atoms with van der Waals surface area (Å²) in [6, 6.07) is 1.86. The SMILES string of the molecule is Nc1nc(SCC(=O)N2CCOC2=O)nc2sccc12. The molecule has 3 rings (SSSR count). The predicted octanol–water partition coefficient (Wildman–Crippen LogP) is 1.34. The summed E-state index contributed by atoms with van der Waals surface area (Å²) in [5.41, 5.74) is 5.82. The molecule has 0 aliphatic carbocycles. The quantitative estimate of drug-likeness (QED) is 0.674. The van der Waals surface area contributed by atoms with Crippen molar-refractivity contribution in [3.05, 3.63) is 11.4 Å². The minimum absolute atomic E-state index is 0.0748. The molecule has 7 nitrogen and oxygen atoms in total. The molecule has 2 aromatic rings. The highest BCUT2D eigenvalue weighted by molar-refractivity contribution is 7.99. The predicted molar refractivity (Wildman–Crippen MR) is 75.6 cm³/mol. The molecule has 0 aromatic carbocycles. The summed E-state index contributed by atoms with van der Waals surface area (Å²) in [5.74, 6) is 0.156. The van der Waals surface area contributed by atoms with Crippen molar-refractivity contribution in [2.45, 2.75) is 5.16 Å². The number of nitrogens with two attached hydrogens (primary N) is 1. The highest BCUT2D eigenvalue weighted by Crippen LogP contribution is 2.26. The molecule has 1 saturated heterocycles. The molecule has 2 amide bonds.